The van der Waals surface area contributed by atoms with Gasteiger partial charge in [-0.1, -0.05) is 60.1 Å². The SMILES string of the molecule is CC(C)OC(=O)[C@]1(C)N=CN(P(=O)(c2ccccc2)c2ccccc2)[C@@]1(C)c1ccc(Cl)cc1. The fourth-order valence-corrected chi connectivity index (χ4v) is 7.56. The smallest absolute Gasteiger partial charge is 0.336 e. The maximum atomic E-state index is 15.3. The molecule has 2 atom stereocenters. The van der Waals surface area contributed by atoms with Crippen LogP contribution in [0.15, 0.2) is 89.9 Å². The normalized spacial score (nSPS) is 22.2. The number of aliphatic imine (C=N–C) groups is 1. The minimum atomic E-state index is -3.48. The first-order valence-electron chi connectivity index (χ1n) is 11.2. The molecule has 176 valence electrons. The fraction of sp³-hybridized carbons (Fsp3) is 0.259. The third-order valence-electron chi connectivity index (χ3n) is 6.49. The van der Waals surface area contributed by atoms with E-state index in [0.717, 1.165) is 5.56 Å². The molecule has 3 aromatic rings. The highest BCUT2D eigenvalue weighted by Gasteiger charge is 2.63. The number of halogens is 1. The standard InChI is InChI=1S/C27H28ClN2O3P/c1-20(2)33-25(31)26(3)27(4,21-15-17-22(28)18-16-21)30(19-29-26)34(32,23-11-7-5-8-12-23)24-13-9-6-10-14-24/h5-20H,1-4H3/t26-,27-/m0/s1. The molecule has 0 saturated heterocycles. The molecule has 0 fully saturated rings. The first-order chi connectivity index (χ1) is 16.1. The Hall–Kier alpha value is -2.88. The molecule has 1 heterocycles. The monoisotopic (exact) mass is 494 g/mol. The number of rotatable bonds is 6. The molecule has 5 nitrogen and oxygen atoms in total. The average molecular weight is 495 g/mol. The molecule has 4 rings (SSSR count). The van der Waals surface area contributed by atoms with Crippen LogP contribution in [0.25, 0.3) is 0 Å². The zero-order chi connectivity index (χ0) is 24.6. The van der Waals surface area contributed by atoms with Gasteiger partial charge in [0.15, 0.2) is 5.54 Å². The number of esters is 1. The Morgan fingerprint density at radius 1 is 0.912 bits per heavy atom. The molecule has 0 aromatic heterocycles. The molecule has 7 heteroatoms. The number of hydrogen-bond donors (Lipinski definition) is 0. The summed E-state index contributed by atoms with van der Waals surface area (Å²) in [5, 5.41) is 1.86. The summed E-state index contributed by atoms with van der Waals surface area (Å²) in [6.07, 6.45) is 1.23. The molecule has 0 spiro atoms. The van der Waals surface area contributed by atoms with Crippen molar-refractivity contribution >= 4 is 41.8 Å². The Bertz CT molecular complexity index is 1200. The highest BCUT2D eigenvalue weighted by Crippen LogP contribution is 2.59. The van der Waals surface area contributed by atoms with Crippen molar-refractivity contribution in [3.05, 3.63) is 95.5 Å². The number of ether oxygens (including phenoxy) is 1. The fourth-order valence-electron chi connectivity index (χ4n) is 4.41. The van der Waals surface area contributed by atoms with E-state index in [1.54, 1.807) is 43.9 Å². The van der Waals surface area contributed by atoms with Crippen LogP contribution in [0.1, 0.15) is 33.3 Å². The lowest BCUT2D eigenvalue weighted by molar-refractivity contribution is -0.156. The van der Waals surface area contributed by atoms with Gasteiger partial charge in [0.25, 0.3) is 0 Å². The second kappa shape index (κ2) is 9.05. The summed E-state index contributed by atoms with van der Waals surface area (Å²) in [6, 6.07) is 25.9. The van der Waals surface area contributed by atoms with Crippen LogP contribution in [-0.4, -0.2) is 28.6 Å². The molecule has 0 amide bonds. The van der Waals surface area contributed by atoms with Gasteiger partial charge >= 0.3 is 5.97 Å². The topological polar surface area (TPSA) is 59.0 Å². The van der Waals surface area contributed by atoms with Crippen molar-refractivity contribution in [1.29, 1.82) is 0 Å². The van der Waals surface area contributed by atoms with Gasteiger partial charge in [-0.25, -0.2) is 4.79 Å². The maximum Gasteiger partial charge on any atom is 0.336 e. The Morgan fingerprint density at radius 3 is 1.88 bits per heavy atom. The number of carbonyl (C=O) groups excluding carboxylic acids is 1. The quantitative estimate of drug-likeness (QED) is 0.333. The van der Waals surface area contributed by atoms with E-state index in [9.17, 15) is 4.79 Å². The molecule has 1 aliphatic heterocycles. The van der Waals surface area contributed by atoms with Crippen LogP contribution < -0.4 is 10.6 Å². The molecular formula is C27H28ClN2O3P. The maximum absolute atomic E-state index is 15.3. The van der Waals surface area contributed by atoms with Crippen LogP contribution >= 0.6 is 18.9 Å². The molecule has 1 aliphatic rings. The van der Waals surface area contributed by atoms with E-state index in [0.29, 0.717) is 15.6 Å². The van der Waals surface area contributed by atoms with E-state index < -0.39 is 24.3 Å². The number of benzene rings is 3. The number of hydrogen-bond acceptors (Lipinski definition) is 4. The van der Waals surface area contributed by atoms with Gasteiger partial charge in [-0.2, -0.15) is 0 Å². The van der Waals surface area contributed by atoms with Gasteiger partial charge in [-0.15, -0.1) is 0 Å². The van der Waals surface area contributed by atoms with Crippen molar-refractivity contribution in [3.63, 3.8) is 0 Å². The van der Waals surface area contributed by atoms with E-state index >= 15 is 4.57 Å². The Labute approximate surface area is 205 Å². The van der Waals surface area contributed by atoms with Gasteiger partial charge in [0, 0.05) is 15.6 Å². The summed E-state index contributed by atoms with van der Waals surface area (Å²) >= 11 is 6.19. The summed E-state index contributed by atoms with van der Waals surface area (Å²) < 4.78 is 22.7. The van der Waals surface area contributed by atoms with Crippen LogP contribution in [0.2, 0.25) is 5.02 Å². The third-order valence-corrected chi connectivity index (χ3v) is 9.85. The Kier molecular flexibility index (Phi) is 6.46. The summed E-state index contributed by atoms with van der Waals surface area (Å²) in [6.45, 7) is 7.23. The largest absolute Gasteiger partial charge is 0.461 e. The second-order valence-corrected chi connectivity index (χ2v) is 12.0. The molecule has 3 aromatic carbocycles. The predicted molar refractivity (Wildman–Crippen MR) is 139 cm³/mol. The lowest BCUT2D eigenvalue weighted by Gasteiger charge is -2.47. The molecule has 0 saturated carbocycles. The van der Waals surface area contributed by atoms with Crippen molar-refractivity contribution in [1.82, 2.24) is 4.67 Å². The van der Waals surface area contributed by atoms with Crippen LogP contribution in [-0.2, 0) is 19.6 Å². The lowest BCUT2D eigenvalue weighted by Crippen LogP contribution is -2.57. The first-order valence-corrected chi connectivity index (χ1v) is 13.2. The van der Waals surface area contributed by atoms with Gasteiger partial charge in [0.2, 0.25) is 7.29 Å². The summed E-state index contributed by atoms with van der Waals surface area (Å²) in [4.78, 5) is 18.2. The van der Waals surface area contributed by atoms with E-state index in [4.69, 9.17) is 21.3 Å². The van der Waals surface area contributed by atoms with Gasteiger partial charge in [0.1, 0.15) is 5.54 Å². The summed E-state index contributed by atoms with van der Waals surface area (Å²) in [5.74, 6) is -0.480. The van der Waals surface area contributed by atoms with Crippen molar-refractivity contribution in [3.8, 4) is 0 Å². The summed E-state index contributed by atoms with van der Waals surface area (Å²) in [5.41, 5.74) is -1.74. The second-order valence-electron chi connectivity index (χ2n) is 8.94. The third kappa shape index (κ3) is 3.77. The van der Waals surface area contributed by atoms with Crippen LogP contribution in [0, 0.1) is 0 Å². The highest BCUT2D eigenvalue weighted by molar-refractivity contribution is 7.77. The molecule has 0 N–H and O–H groups in total. The number of nitrogens with zero attached hydrogens (tertiary/aromatic N) is 2. The van der Waals surface area contributed by atoms with Crippen molar-refractivity contribution in [2.75, 3.05) is 0 Å². The van der Waals surface area contributed by atoms with Gasteiger partial charge in [-0.3, -0.25) is 14.2 Å². The molecule has 0 unspecified atom stereocenters. The number of carbonyl (C=O) groups is 1. The van der Waals surface area contributed by atoms with Crippen LogP contribution in [0.5, 0.6) is 0 Å². The van der Waals surface area contributed by atoms with Crippen LogP contribution in [0.3, 0.4) is 0 Å². The van der Waals surface area contributed by atoms with Gasteiger partial charge < -0.3 is 4.74 Å². The zero-order valence-corrected chi connectivity index (χ0v) is 21.3. The molecule has 0 bridgehead atoms. The van der Waals surface area contributed by atoms with E-state index in [1.165, 1.54) is 0 Å². The predicted octanol–water partition coefficient (Wildman–Crippen LogP) is 5.54. The summed E-state index contributed by atoms with van der Waals surface area (Å²) in [7, 11) is -3.48. The van der Waals surface area contributed by atoms with Crippen LogP contribution in [0.4, 0.5) is 0 Å². The molecule has 0 radical (unpaired) electrons. The van der Waals surface area contributed by atoms with Crippen molar-refractivity contribution in [2.24, 2.45) is 4.99 Å². The Balaban J connectivity index is 2.00. The zero-order valence-electron chi connectivity index (χ0n) is 19.7. The van der Waals surface area contributed by atoms with E-state index in [1.807, 2.05) is 79.7 Å². The minimum Gasteiger partial charge on any atom is -0.461 e. The van der Waals surface area contributed by atoms with E-state index in [-0.39, 0.29) is 6.10 Å². The van der Waals surface area contributed by atoms with Crippen molar-refractivity contribution < 1.29 is 14.1 Å². The van der Waals surface area contributed by atoms with Gasteiger partial charge in [0.05, 0.1) is 12.4 Å². The van der Waals surface area contributed by atoms with Crippen molar-refractivity contribution in [2.45, 2.75) is 44.9 Å². The molecule has 0 aliphatic carbocycles. The Morgan fingerprint density at radius 2 is 1.41 bits per heavy atom. The lowest BCUT2D eigenvalue weighted by atomic mass is 9.75. The molecular weight excluding hydrogens is 467 g/mol. The average Bonchev–Trinajstić information content (AvgIpc) is 3.12. The highest BCUT2D eigenvalue weighted by atomic mass is 35.5. The van der Waals surface area contributed by atoms with E-state index in [2.05, 4.69) is 0 Å². The molecule has 34 heavy (non-hydrogen) atoms. The first kappa shape index (κ1) is 24.3. The van der Waals surface area contributed by atoms with Gasteiger partial charge in [-0.05, 0) is 69.7 Å². The minimum absolute atomic E-state index is 0.321.